The molecule has 0 N–H and O–H groups in total. The number of hydrogen-bond donors (Lipinski definition) is 0. The second-order valence-electron chi connectivity index (χ2n) is 17.6. The van der Waals surface area contributed by atoms with Crippen LogP contribution in [0.25, 0.3) is 0 Å². The van der Waals surface area contributed by atoms with Crippen LogP contribution in [0, 0.1) is 5.92 Å². The standard InChI is InChI=1S/C50H96O6/c1-5-7-9-11-13-15-17-18-19-20-21-22-23-25-31-35-39-43-50(53)56-47(44-54-48(51)41-37-33-29-24-16-14-12-10-8-6-2)45-55-49(52)42-38-34-30-27-26-28-32-36-40-46(3)4/h46-47H,5-45H2,1-4H3/t47-/m1/s1. The predicted octanol–water partition coefficient (Wildman–Crippen LogP) is 15.9. The van der Waals surface area contributed by atoms with E-state index < -0.39 is 6.10 Å². The van der Waals surface area contributed by atoms with Crippen molar-refractivity contribution in [3.05, 3.63) is 0 Å². The van der Waals surface area contributed by atoms with Crippen LogP contribution in [-0.4, -0.2) is 37.2 Å². The molecule has 0 spiro atoms. The van der Waals surface area contributed by atoms with Gasteiger partial charge in [0, 0.05) is 19.3 Å². The first-order valence-corrected chi connectivity index (χ1v) is 24.9. The Labute approximate surface area is 348 Å². The van der Waals surface area contributed by atoms with Crippen LogP contribution in [-0.2, 0) is 28.6 Å². The fraction of sp³-hybridized carbons (Fsp3) is 0.940. The minimum atomic E-state index is -0.760. The molecule has 0 amide bonds. The molecule has 0 fully saturated rings. The fourth-order valence-corrected chi connectivity index (χ4v) is 7.51. The molecule has 0 aromatic heterocycles. The lowest BCUT2D eigenvalue weighted by Gasteiger charge is -2.18. The van der Waals surface area contributed by atoms with Crippen molar-refractivity contribution >= 4 is 17.9 Å². The van der Waals surface area contributed by atoms with Crippen molar-refractivity contribution in [2.24, 2.45) is 5.92 Å². The van der Waals surface area contributed by atoms with Crippen LogP contribution < -0.4 is 0 Å². The molecular formula is C50H96O6. The minimum absolute atomic E-state index is 0.0637. The van der Waals surface area contributed by atoms with Gasteiger partial charge in [-0.15, -0.1) is 0 Å². The third-order valence-electron chi connectivity index (χ3n) is 11.3. The highest BCUT2D eigenvalue weighted by Gasteiger charge is 2.19. The Bertz CT molecular complexity index is 841. The van der Waals surface area contributed by atoms with Gasteiger partial charge in [-0.05, 0) is 25.2 Å². The van der Waals surface area contributed by atoms with Crippen molar-refractivity contribution < 1.29 is 28.6 Å². The highest BCUT2D eigenvalue weighted by atomic mass is 16.6. The van der Waals surface area contributed by atoms with E-state index in [4.69, 9.17) is 14.2 Å². The summed E-state index contributed by atoms with van der Waals surface area (Å²) in [6.45, 7) is 8.97. The Morgan fingerprint density at radius 2 is 0.589 bits per heavy atom. The summed E-state index contributed by atoms with van der Waals surface area (Å²) < 4.78 is 16.8. The van der Waals surface area contributed by atoms with Crippen molar-refractivity contribution in [1.82, 2.24) is 0 Å². The highest BCUT2D eigenvalue weighted by Crippen LogP contribution is 2.17. The van der Waals surface area contributed by atoms with Crippen molar-refractivity contribution in [2.45, 2.75) is 284 Å². The number of hydrogen-bond acceptors (Lipinski definition) is 6. The molecule has 56 heavy (non-hydrogen) atoms. The summed E-state index contributed by atoms with van der Waals surface area (Å²) in [5.74, 6) is -0.0543. The van der Waals surface area contributed by atoms with Gasteiger partial charge >= 0.3 is 17.9 Å². The molecule has 6 nitrogen and oxygen atoms in total. The molecular weight excluding hydrogens is 697 g/mol. The van der Waals surface area contributed by atoms with Gasteiger partial charge in [-0.25, -0.2) is 0 Å². The average molecular weight is 793 g/mol. The van der Waals surface area contributed by atoms with Crippen molar-refractivity contribution in [3.8, 4) is 0 Å². The second kappa shape index (κ2) is 44.5. The van der Waals surface area contributed by atoms with Crippen molar-refractivity contribution in [3.63, 3.8) is 0 Å². The largest absolute Gasteiger partial charge is 0.462 e. The topological polar surface area (TPSA) is 78.9 Å². The Balaban J connectivity index is 4.27. The zero-order valence-electron chi connectivity index (χ0n) is 38.1. The van der Waals surface area contributed by atoms with Gasteiger partial charge in [-0.3, -0.25) is 14.4 Å². The van der Waals surface area contributed by atoms with E-state index >= 15 is 0 Å². The van der Waals surface area contributed by atoms with Gasteiger partial charge in [0.25, 0.3) is 0 Å². The van der Waals surface area contributed by atoms with Gasteiger partial charge in [0.1, 0.15) is 13.2 Å². The summed E-state index contributed by atoms with van der Waals surface area (Å²) in [7, 11) is 0. The zero-order chi connectivity index (χ0) is 41.0. The molecule has 0 aromatic rings. The lowest BCUT2D eigenvalue weighted by molar-refractivity contribution is -0.167. The molecule has 0 unspecified atom stereocenters. The quantitative estimate of drug-likeness (QED) is 0.0347. The smallest absolute Gasteiger partial charge is 0.306 e. The summed E-state index contributed by atoms with van der Waals surface area (Å²) in [4.78, 5) is 37.8. The molecule has 0 saturated heterocycles. The number of ether oxygens (including phenoxy) is 3. The van der Waals surface area contributed by atoms with Gasteiger partial charge in [-0.1, -0.05) is 240 Å². The van der Waals surface area contributed by atoms with E-state index in [9.17, 15) is 14.4 Å². The molecule has 0 saturated carbocycles. The molecule has 332 valence electrons. The first kappa shape index (κ1) is 54.4. The number of carbonyl (C=O) groups is 3. The molecule has 0 rings (SSSR count). The number of carbonyl (C=O) groups excluding carboxylic acids is 3. The van der Waals surface area contributed by atoms with E-state index in [2.05, 4.69) is 27.7 Å². The molecule has 0 aliphatic rings. The summed E-state index contributed by atoms with van der Waals surface area (Å²) in [5.41, 5.74) is 0. The Morgan fingerprint density at radius 1 is 0.339 bits per heavy atom. The van der Waals surface area contributed by atoms with Crippen molar-refractivity contribution in [1.29, 1.82) is 0 Å². The fourth-order valence-electron chi connectivity index (χ4n) is 7.51. The van der Waals surface area contributed by atoms with E-state index in [0.29, 0.717) is 19.3 Å². The van der Waals surface area contributed by atoms with E-state index in [1.165, 1.54) is 173 Å². The van der Waals surface area contributed by atoms with Crippen molar-refractivity contribution in [2.75, 3.05) is 13.2 Å². The predicted molar refractivity (Wildman–Crippen MR) is 238 cm³/mol. The summed E-state index contributed by atoms with van der Waals surface area (Å²) in [6.07, 6.45) is 45.2. The lowest BCUT2D eigenvalue weighted by atomic mass is 10.0. The van der Waals surface area contributed by atoms with E-state index in [1.807, 2.05) is 0 Å². The maximum Gasteiger partial charge on any atom is 0.306 e. The van der Waals surface area contributed by atoms with Crippen LogP contribution in [0.3, 0.4) is 0 Å². The molecule has 0 bridgehead atoms. The number of unbranched alkanes of at least 4 members (excludes halogenated alkanes) is 32. The van der Waals surface area contributed by atoms with Gasteiger partial charge < -0.3 is 14.2 Å². The van der Waals surface area contributed by atoms with Gasteiger partial charge in [0.05, 0.1) is 0 Å². The molecule has 0 aliphatic heterocycles. The Kier molecular flexibility index (Phi) is 43.2. The zero-order valence-corrected chi connectivity index (χ0v) is 38.1. The lowest BCUT2D eigenvalue weighted by Crippen LogP contribution is -2.30. The van der Waals surface area contributed by atoms with Crippen LogP contribution in [0.2, 0.25) is 0 Å². The average Bonchev–Trinajstić information content (AvgIpc) is 3.18. The van der Waals surface area contributed by atoms with Crippen LogP contribution in [0.4, 0.5) is 0 Å². The number of rotatable bonds is 45. The molecule has 0 radical (unpaired) electrons. The summed E-state index contributed by atoms with van der Waals surface area (Å²) >= 11 is 0. The Morgan fingerprint density at radius 3 is 0.875 bits per heavy atom. The summed E-state index contributed by atoms with van der Waals surface area (Å²) in [6, 6.07) is 0. The maximum atomic E-state index is 12.8. The van der Waals surface area contributed by atoms with Crippen LogP contribution in [0.5, 0.6) is 0 Å². The molecule has 6 heteroatoms. The molecule has 1 atom stereocenters. The second-order valence-corrected chi connectivity index (χ2v) is 17.6. The first-order valence-electron chi connectivity index (χ1n) is 24.9. The highest BCUT2D eigenvalue weighted by molar-refractivity contribution is 5.71. The van der Waals surface area contributed by atoms with E-state index in [0.717, 1.165) is 63.7 Å². The van der Waals surface area contributed by atoms with Gasteiger partial charge in [0.2, 0.25) is 0 Å². The summed E-state index contributed by atoms with van der Waals surface area (Å²) in [5, 5.41) is 0. The maximum absolute atomic E-state index is 12.8. The molecule has 0 aromatic carbocycles. The first-order chi connectivity index (χ1) is 27.4. The van der Waals surface area contributed by atoms with Crippen LogP contribution in [0.15, 0.2) is 0 Å². The SMILES string of the molecule is CCCCCCCCCCCCCCCCCCCC(=O)O[C@H](COC(=O)CCCCCCCCCCCC)COC(=O)CCCCCCCCCCC(C)C. The number of esters is 3. The van der Waals surface area contributed by atoms with Gasteiger partial charge in [-0.2, -0.15) is 0 Å². The minimum Gasteiger partial charge on any atom is -0.462 e. The van der Waals surface area contributed by atoms with Gasteiger partial charge in [0.15, 0.2) is 6.10 Å². The third-order valence-corrected chi connectivity index (χ3v) is 11.3. The third kappa shape index (κ3) is 43.5. The molecule has 0 aliphatic carbocycles. The van der Waals surface area contributed by atoms with E-state index in [1.54, 1.807) is 0 Å². The van der Waals surface area contributed by atoms with Crippen LogP contribution >= 0.6 is 0 Å². The van der Waals surface area contributed by atoms with E-state index in [-0.39, 0.29) is 31.1 Å². The Hall–Kier alpha value is -1.59. The normalized spacial score (nSPS) is 11.9. The van der Waals surface area contributed by atoms with Crippen LogP contribution in [0.1, 0.15) is 278 Å². The monoisotopic (exact) mass is 793 g/mol. The molecule has 0 heterocycles.